The van der Waals surface area contributed by atoms with Crippen LogP contribution < -0.4 is 15.0 Å². The van der Waals surface area contributed by atoms with E-state index in [2.05, 4.69) is 41.7 Å². The molecule has 0 saturated heterocycles. The molecule has 0 bridgehead atoms. The number of thiocarbonyl (C=S) groups is 1. The Morgan fingerprint density at radius 2 is 1.74 bits per heavy atom. The maximum absolute atomic E-state index is 5.82. The van der Waals surface area contributed by atoms with Gasteiger partial charge in [-0.25, -0.2) is 0 Å². The summed E-state index contributed by atoms with van der Waals surface area (Å²) in [5.41, 5.74) is 5.80. The van der Waals surface area contributed by atoms with E-state index in [-0.39, 0.29) is 6.04 Å². The Balaban J connectivity index is 1.66. The van der Waals surface area contributed by atoms with Crippen LogP contribution in [0.15, 0.2) is 89.1 Å². The predicted octanol–water partition coefficient (Wildman–Crippen LogP) is 5.92. The van der Waals surface area contributed by atoms with Crippen LogP contribution in [0.4, 0.5) is 5.69 Å². The molecule has 170 valence electrons. The van der Waals surface area contributed by atoms with Crippen molar-refractivity contribution in [2.75, 3.05) is 12.0 Å². The van der Waals surface area contributed by atoms with E-state index >= 15 is 0 Å². The second kappa shape index (κ2) is 9.11. The van der Waals surface area contributed by atoms with E-state index in [0.717, 1.165) is 33.8 Å². The number of methoxy groups -OCH3 is 1. The highest BCUT2D eigenvalue weighted by Gasteiger charge is 2.35. The number of aromatic nitrogens is 2. The van der Waals surface area contributed by atoms with E-state index in [9.17, 15) is 0 Å². The normalized spacial score (nSPS) is 15.9. The van der Waals surface area contributed by atoms with Gasteiger partial charge in [0.1, 0.15) is 5.75 Å². The maximum Gasteiger partial charge on any atom is 0.258 e. The summed E-state index contributed by atoms with van der Waals surface area (Å²) in [6.45, 7) is 4.09. The number of ether oxygens (including phenoxy) is 1. The SMILES string of the molecule is COc1cccc(C2NC(=S)N(c3ccc(C)cc3)C(C)=C2c2nc(-c3ccccc3)no2)c1. The van der Waals surface area contributed by atoms with Crippen LogP contribution in [0.2, 0.25) is 0 Å². The van der Waals surface area contributed by atoms with Gasteiger partial charge in [-0.05, 0) is 55.9 Å². The molecule has 1 aliphatic heterocycles. The molecular formula is C27H24N4O2S. The van der Waals surface area contributed by atoms with Gasteiger partial charge < -0.3 is 14.6 Å². The molecule has 4 aromatic rings. The molecule has 1 aromatic heterocycles. The fourth-order valence-electron chi connectivity index (χ4n) is 4.13. The van der Waals surface area contributed by atoms with Crippen LogP contribution in [0, 0.1) is 6.92 Å². The van der Waals surface area contributed by atoms with Crippen molar-refractivity contribution in [3.05, 3.63) is 102 Å². The average molecular weight is 469 g/mol. The van der Waals surface area contributed by atoms with Crippen molar-refractivity contribution in [3.63, 3.8) is 0 Å². The van der Waals surface area contributed by atoms with Crippen LogP contribution in [-0.4, -0.2) is 22.4 Å². The molecule has 0 saturated carbocycles. The zero-order chi connectivity index (χ0) is 23.7. The van der Waals surface area contributed by atoms with E-state index < -0.39 is 0 Å². The molecule has 0 spiro atoms. The van der Waals surface area contributed by atoms with Crippen LogP contribution in [-0.2, 0) is 0 Å². The maximum atomic E-state index is 5.82. The van der Waals surface area contributed by atoms with E-state index in [4.69, 9.17) is 26.5 Å². The van der Waals surface area contributed by atoms with Crippen molar-refractivity contribution in [2.45, 2.75) is 19.9 Å². The van der Waals surface area contributed by atoms with Crippen molar-refractivity contribution in [1.29, 1.82) is 0 Å². The Morgan fingerprint density at radius 3 is 2.47 bits per heavy atom. The van der Waals surface area contributed by atoms with Gasteiger partial charge in [-0.15, -0.1) is 0 Å². The van der Waals surface area contributed by atoms with Crippen molar-refractivity contribution in [2.24, 2.45) is 0 Å². The lowest BCUT2D eigenvalue weighted by Gasteiger charge is -2.37. The third-order valence-corrected chi connectivity index (χ3v) is 6.19. The van der Waals surface area contributed by atoms with Gasteiger partial charge in [0.15, 0.2) is 5.11 Å². The first kappa shape index (κ1) is 21.9. The molecule has 0 fully saturated rings. The molecule has 1 N–H and O–H groups in total. The van der Waals surface area contributed by atoms with Crippen LogP contribution in [0.25, 0.3) is 17.0 Å². The third-order valence-electron chi connectivity index (χ3n) is 5.89. The Morgan fingerprint density at radius 1 is 0.971 bits per heavy atom. The molecular weight excluding hydrogens is 444 g/mol. The largest absolute Gasteiger partial charge is 0.497 e. The lowest BCUT2D eigenvalue weighted by molar-refractivity contribution is 0.403. The highest BCUT2D eigenvalue weighted by molar-refractivity contribution is 7.80. The van der Waals surface area contributed by atoms with Gasteiger partial charge in [-0.2, -0.15) is 4.98 Å². The molecule has 0 aliphatic carbocycles. The fraction of sp³-hybridized carbons (Fsp3) is 0.148. The summed E-state index contributed by atoms with van der Waals surface area (Å²) < 4.78 is 11.3. The number of nitrogens with one attached hydrogen (secondary N) is 1. The van der Waals surface area contributed by atoms with Crippen molar-refractivity contribution in [1.82, 2.24) is 15.5 Å². The number of benzene rings is 3. The average Bonchev–Trinajstić information content (AvgIpc) is 3.35. The van der Waals surface area contributed by atoms with E-state index in [1.165, 1.54) is 5.56 Å². The van der Waals surface area contributed by atoms with Crippen molar-refractivity contribution in [3.8, 4) is 17.1 Å². The molecule has 7 heteroatoms. The van der Waals surface area contributed by atoms with Gasteiger partial charge in [0, 0.05) is 16.9 Å². The highest BCUT2D eigenvalue weighted by atomic mass is 32.1. The van der Waals surface area contributed by atoms with Crippen LogP contribution in [0.5, 0.6) is 5.75 Å². The molecule has 1 unspecified atom stereocenters. The zero-order valence-corrected chi connectivity index (χ0v) is 20.0. The Bertz CT molecular complexity index is 1360. The zero-order valence-electron chi connectivity index (χ0n) is 19.1. The summed E-state index contributed by atoms with van der Waals surface area (Å²) in [5.74, 6) is 1.74. The Kier molecular flexibility index (Phi) is 5.86. The molecule has 3 aromatic carbocycles. The van der Waals surface area contributed by atoms with Crippen molar-refractivity contribution < 1.29 is 9.26 Å². The first-order chi connectivity index (χ1) is 16.5. The first-order valence-corrected chi connectivity index (χ1v) is 11.4. The number of aryl methyl sites for hydroxylation is 1. The van der Waals surface area contributed by atoms with Crippen LogP contribution in [0.1, 0.15) is 30.0 Å². The molecule has 1 aliphatic rings. The van der Waals surface area contributed by atoms with Crippen molar-refractivity contribution >= 4 is 28.6 Å². The smallest absolute Gasteiger partial charge is 0.258 e. The Labute approximate surface area is 203 Å². The second-order valence-corrected chi connectivity index (χ2v) is 8.51. The highest BCUT2D eigenvalue weighted by Crippen LogP contribution is 2.39. The summed E-state index contributed by atoms with van der Waals surface area (Å²) in [5, 5.41) is 8.35. The molecule has 1 atom stereocenters. The summed E-state index contributed by atoms with van der Waals surface area (Å²) in [4.78, 5) is 6.77. The summed E-state index contributed by atoms with van der Waals surface area (Å²) in [7, 11) is 1.66. The monoisotopic (exact) mass is 468 g/mol. The minimum atomic E-state index is -0.284. The molecule has 6 nitrogen and oxygen atoms in total. The minimum absolute atomic E-state index is 0.284. The summed E-state index contributed by atoms with van der Waals surface area (Å²) in [6.07, 6.45) is 0. The van der Waals surface area contributed by atoms with E-state index in [0.29, 0.717) is 16.8 Å². The summed E-state index contributed by atoms with van der Waals surface area (Å²) >= 11 is 5.82. The molecule has 0 amide bonds. The number of hydrogen-bond donors (Lipinski definition) is 1. The number of hydrogen-bond acceptors (Lipinski definition) is 5. The summed E-state index contributed by atoms with van der Waals surface area (Å²) in [6, 6.07) is 25.7. The van der Waals surface area contributed by atoms with Crippen LogP contribution >= 0.6 is 12.2 Å². The van der Waals surface area contributed by atoms with E-state index in [1.54, 1.807) is 7.11 Å². The molecule has 34 heavy (non-hydrogen) atoms. The first-order valence-electron chi connectivity index (χ1n) is 11.0. The number of allylic oxidation sites excluding steroid dienone is 1. The van der Waals surface area contributed by atoms with Gasteiger partial charge >= 0.3 is 0 Å². The topological polar surface area (TPSA) is 63.4 Å². The van der Waals surface area contributed by atoms with Gasteiger partial charge in [0.05, 0.1) is 18.7 Å². The molecule has 2 heterocycles. The standard InChI is InChI=1S/C27H24N4O2S/c1-17-12-14-21(15-13-17)31-18(2)23(26-29-25(30-33-26)19-8-5-4-6-9-19)24(28-27(31)34)20-10-7-11-22(16-20)32-3/h4-16,24H,1-3H3,(H,28,34). The van der Waals surface area contributed by atoms with Gasteiger partial charge in [0.25, 0.3) is 5.89 Å². The molecule has 5 rings (SSSR count). The van der Waals surface area contributed by atoms with Gasteiger partial charge in [-0.3, -0.25) is 4.90 Å². The van der Waals surface area contributed by atoms with Gasteiger partial charge in [0.2, 0.25) is 5.82 Å². The van der Waals surface area contributed by atoms with E-state index in [1.807, 2.05) is 66.4 Å². The second-order valence-electron chi connectivity index (χ2n) is 8.12. The minimum Gasteiger partial charge on any atom is -0.497 e. The Hall–Kier alpha value is -3.97. The van der Waals surface area contributed by atoms with Crippen LogP contribution in [0.3, 0.4) is 0 Å². The number of rotatable bonds is 5. The predicted molar refractivity (Wildman–Crippen MR) is 137 cm³/mol. The number of nitrogens with zero attached hydrogens (tertiary/aromatic N) is 3. The quantitative estimate of drug-likeness (QED) is 0.365. The lowest BCUT2D eigenvalue weighted by Crippen LogP contribution is -2.46. The number of anilines is 1. The lowest BCUT2D eigenvalue weighted by atomic mass is 9.94. The molecule has 0 radical (unpaired) electrons. The third kappa shape index (κ3) is 4.06. The fourth-order valence-corrected chi connectivity index (χ4v) is 4.49. The van der Waals surface area contributed by atoms with Gasteiger partial charge in [-0.1, -0.05) is 65.3 Å².